The van der Waals surface area contributed by atoms with Crippen LogP contribution in [-0.4, -0.2) is 11.9 Å². The van der Waals surface area contributed by atoms with Gasteiger partial charge >= 0.3 is 0 Å². The number of nitrogens with one attached hydrogen (secondary N) is 1. The molecule has 0 atom stereocenters. The van der Waals surface area contributed by atoms with Crippen LogP contribution in [0.2, 0.25) is 0 Å². The Labute approximate surface area is 88.5 Å². The van der Waals surface area contributed by atoms with E-state index in [1.807, 2.05) is 13.8 Å². The second-order valence-corrected chi connectivity index (χ2v) is 3.71. The van der Waals surface area contributed by atoms with Crippen molar-refractivity contribution in [2.75, 3.05) is 0 Å². The molecule has 0 unspecified atom stereocenters. The van der Waals surface area contributed by atoms with E-state index in [9.17, 15) is 9.18 Å². The highest BCUT2D eigenvalue weighted by Gasteiger charge is 2.07. The molecule has 0 aliphatic heterocycles. The molecule has 0 radical (unpaired) electrons. The predicted octanol–water partition coefficient (Wildman–Crippen LogP) is 1.42. The average molecular weight is 210 g/mol. The van der Waals surface area contributed by atoms with Crippen LogP contribution < -0.4 is 11.1 Å². The number of rotatable bonds is 4. The van der Waals surface area contributed by atoms with E-state index < -0.39 is 5.91 Å². The third-order valence-corrected chi connectivity index (χ3v) is 2.03. The summed E-state index contributed by atoms with van der Waals surface area (Å²) >= 11 is 0. The Morgan fingerprint density at radius 2 is 2.20 bits per heavy atom. The van der Waals surface area contributed by atoms with Gasteiger partial charge in [0.15, 0.2) is 0 Å². The van der Waals surface area contributed by atoms with Gasteiger partial charge in [-0.2, -0.15) is 0 Å². The standard InChI is InChI=1S/C11H15FN2O/c1-7(2)14-6-9-5-8(11(13)15)3-4-10(9)12/h3-5,7,14H,6H2,1-2H3,(H2,13,15). The maximum Gasteiger partial charge on any atom is 0.248 e. The molecule has 4 heteroatoms. The zero-order chi connectivity index (χ0) is 11.4. The van der Waals surface area contributed by atoms with E-state index in [2.05, 4.69) is 5.32 Å². The van der Waals surface area contributed by atoms with E-state index in [1.54, 1.807) is 0 Å². The van der Waals surface area contributed by atoms with Gasteiger partial charge < -0.3 is 11.1 Å². The molecule has 0 saturated heterocycles. The minimum Gasteiger partial charge on any atom is -0.366 e. The molecule has 0 saturated carbocycles. The SMILES string of the molecule is CC(C)NCc1cc(C(N)=O)ccc1F. The monoisotopic (exact) mass is 210 g/mol. The van der Waals surface area contributed by atoms with Crippen LogP contribution in [0.1, 0.15) is 29.8 Å². The van der Waals surface area contributed by atoms with Gasteiger partial charge in [0.05, 0.1) is 0 Å². The first-order valence-corrected chi connectivity index (χ1v) is 4.82. The van der Waals surface area contributed by atoms with E-state index in [-0.39, 0.29) is 11.9 Å². The molecule has 1 aromatic rings. The van der Waals surface area contributed by atoms with Gasteiger partial charge in [-0.05, 0) is 18.2 Å². The molecule has 3 N–H and O–H groups in total. The second kappa shape index (κ2) is 4.89. The highest BCUT2D eigenvalue weighted by Crippen LogP contribution is 2.10. The molecule has 1 amide bonds. The van der Waals surface area contributed by atoms with Crippen molar-refractivity contribution in [2.24, 2.45) is 5.73 Å². The zero-order valence-corrected chi connectivity index (χ0v) is 8.88. The molecule has 1 rings (SSSR count). The lowest BCUT2D eigenvalue weighted by Gasteiger charge is -2.09. The summed E-state index contributed by atoms with van der Waals surface area (Å²) in [6.07, 6.45) is 0. The van der Waals surface area contributed by atoms with E-state index in [4.69, 9.17) is 5.73 Å². The van der Waals surface area contributed by atoms with Crippen LogP contribution in [0.15, 0.2) is 18.2 Å². The van der Waals surface area contributed by atoms with Crippen LogP contribution in [0.3, 0.4) is 0 Å². The number of benzene rings is 1. The third kappa shape index (κ3) is 3.32. The first kappa shape index (κ1) is 11.7. The molecule has 1 aromatic carbocycles. The van der Waals surface area contributed by atoms with Gasteiger partial charge in [0, 0.05) is 23.7 Å². The molecular formula is C11H15FN2O. The number of halogens is 1. The van der Waals surface area contributed by atoms with E-state index >= 15 is 0 Å². The number of hydrogen-bond donors (Lipinski definition) is 2. The van der Waals surface area contributed by atoms with Crippen molar-refractivity contribution in [3.05, 3.63) is 35.1 Å². The fourth-order valence-electron chi connectivity index (χ4n) is 1.18. The Hall–Kier alpha value is -1.42. The van der Waals surface area contributed by atoms with Gasteiger partial charge in [-0.1, -0.05) is 13.8 Å². The van der Waals surface area contributed by atoms with Gasteiger partial charge in [-0.25, -0.2) is 4.39 Å². The normalized spacial score (nSPS) is 10.7. The molecule has 82 valence electrons. The minimum atomic E-state index is -0.541. The van der Waals surface area contributed by atoms with E-state index in [0.29, 0.717) is 17.7 Å². The van der Waals surface area contributed by atoms with Crippen LogP contribution >= 0.6 is 0 Å². The van der Waals surface area contributed by atoms with Crippen molar-refractivity contribution in [2.45, 2.75) is 26.4 Å². The number of carbonyl (C=O) groups excluding carboxylic acids is 1. The lowest BCUT2D eigenvalue weighted by molar-refractivity contribution is 0.1000. The summed E-state index contributed by atoms with van der Waals surface area (Å²) in [5.74, 6) is -0.867. The Kier molecular flexibility index (Phi) is 3.80. The maximum absolute atomic E-state index is 13.3. The van der Waals surface area contributed by atoms with Crippen molar-refractivity contribution in [1.29, 1.82) is 0 Å². The molecule has 0 heterocycles. The van der Waals surface area contributed by atoms with Crippen LogP contribution in [-0.2, 0) is 6.54 Å². The molecular weight excluding hydrogens is 195 g/mol. The van der Waals surface area contributed by atoms with Crippen molar-refractivity contribution >= 4 is 5.91 Å². The summed E-state index contributed by atoms with van der Waals surface area (Å²) in [6, 6.07) is 4.39. The van der Waals surface area contributed by atoms with Gasteiger partial charge in [0.2, 0.25) is 5.91 Å². The van der Waals surface area contributed by atoms with Crippen molar-refractivity contribution in [3.63, 3.8) is 0 Å². The molecule has 0 aromatic heterocycles. The number of amides is 1. The quantitative estimate of drug-likeness (QED) is 0.789. The van der Waals surface area contributed by atoms with Crippen LogP contribution in [0.4, 0.5) is 4.39 Å². The molecule has 3 nitrogen and oxygen atoms in total. The van der Waals surface area contributed by atoms with E-state index in [1.165, 1.54) is 18.2 Å². The molecule has 0 fully saturated rings. The zero-order valence-electron chi connectivity index (χ0n) is 8.88. The van der Waals surface area contributed by atoms with Crippen molar-refractivity contribution in [1.82, 2.24) is 5.32 Å². The van der Waals surface area contributed by atoms with Crippen molar-refractivity contribution in [3.8, 4) is 0 Å². The number of primary amides is 1. The van der Waals surface area contributed by atoms with Gasteiger partial charge in [-0.15, -0.1) is 0 Å². The molecule has 0 aliphatic carbocycles. The molecule has 0 aliphatic rings. The summed E-state index contributed by atoms with van der Waals surface area (Å²) in [6.45, 7) is 4.33. The predicted molar refractivity (Wildman–Crippen MR) is 56.9 cm³/mol. The van der Waals surface area contributed by atoms with Gasteiger partial charge in [0.1, 0.15) is 5.82 Å². The summed E-state index contributed by atoms with van der Waals surface area (Å²) in [5.41, 5.74) is 5.90. The Balaban J connectivity index is 2.85. The van der Waals surface area contributed by atoms with Gasteiger partial charge in [0.25, 0.3) is 0 Å². The van der Waals surface area contributed by atoms with Crippen LogP contribution in [0, 0.1) is 5.82 Å². The van der Waals surface area contributed by atoms with Gasteiger partial charge in [-0.3, -0.25) is 4.79 Å². The molecule has 15 heavy (non-hydrogen) atoms. The van der Waals surface area contributed by atoms with Crippen molar-refractivity contribution < 1.29 is 9.18 Å². The Morgan fingerprint density at radius 1 is 1.53 bits per heavy atom. The summed E-state index contributed by atoms with van der Waals surface area (Å²) in [5, 5.41) is 3.08. The van der Waals surface area contributed by atoms with Crippen LogP contribution in [0.5, 0.6) is 0 Å². The number of carbonyl (C=O) groups is 1. The first-order chi connectivity index (χ1) is 7.00. The molecule has 0 spiro atoms. The summed E-state index contributed by atoms with van der Waals surface area (Å²) in [7, 11) is 0. The Morgan fingerprint density at radius 3 is 2.73 bits per heavy atom. The smallest absolute Gasteiger partial charge is 0.248 e. The summed E-state index contributed by atoms with van der Waals surface area (Å²) < 4.78 is 13.3. The average Bonchev–Trinajstić information content (AvgIpc) is 2.16. The lowest BCUT2D eigenvalue weighted by Crippen LogP contribution is -2.23. The Bertz CT molecular complexity index is 364. The highest BCUT2D eigenvalue weighted by molar-refractivity contribution is 5.92. The fourth-order valence-corrected chi connectivity index (χ4v) is 1.18. The topological polar surface area (TPSA) is 55.1 Å². The summed E-state index contributed by atoms with van der Waals surface area (Å²) in [4.78, 5) is 10.9. The number of hydrogen-bond acceptors (Lipinski definition) is 2. The molecule has 0 bridgehead atoms. The minimum absolute atomic E-state index is 0.265. The maximum atomic E-state index is 13.3. The third-order valence-electron chi connectivity index (χ3n) is 2.03. The first-order valence-electron chi connectivity index (χ1n) is 4.82. The van der Waals surface area contributed by atoms with Crippen LogP contribution in [0.25, 0.3) is 0 Å². The second-order valence-electron chi connectivity index (χ2n) is 3.71. The number of nitrogens with two attached hydrogens (primary N) is 1. The largest absolute Gasteiger partial charge is 0.366 e. The lowest BCUT2D eigenvalue weighted by atomic mass is 10.1. The fraction of sp³-hybridized carbons (Fsp3) is 0.364. The van der Waals surface area contributed by atoms with E-state index in [0.717, 1.165) is 0 Å². The highest BCUT2D eigenvalue weighted by atomic mass is 19.1.